The second kappa shape index (κ2) is 8.57. The average molecular weight is 353 g/mol. The number of halogens is 3. The first-order valence-corrected chi connectivity index (χ1v) is 7.56. The Balaban J connectivity index is 2.23. The summed E-state index contributed by atoms with van der Waals surface area (Å²) in [5, 5.41) is 0. The van der Waals surface area contributed by atoms with Crippen molar-refractivity contribution in [3.8, 4) is 11.3 Å². The summed E-state index contributed by atoms with van der Waals surface area (Å²) in [4.78, 5) is 20.7. The molecule has 0 saturated heterocycles. The van der Waals surface area contributed by atoms with Gasteiger partial charge >= 0.3 is 0 Å². The molecule has 0 saturated carbocycles. The number of carbonyl (C=O) groups excluding carboxylic acids is 1. The largest absolute Gasteiger partial charge is 0.467 e. The maximum atomic E-state index is 13.4. The van der Waals surface area contributed by atoms with Crippen molar-refractivity contribution in [1.29, 1.82) is 0 Å². The van der Waals surface area contributed by atoms with Crippen molar-refractivity contribution in [2.75, 3.05) is 20.2 Å². The van der Waals surface area contributed by atoms with Crippen molar-refractivity contribution in [2.24, 2.45) is 0 Å². The molecule has 0 aliphatic carbocycles. The highest BCUT2D eigenvalue weighted by Crippen LogP contribution is 2.27. The fourth-order valence-electron chi connectivity index (χ4n) is 2.24. The number of alkyl halides is 2. The average Bonchev–Trinajstić information content (AvgIpc) is 2.57. The molecule has 0 amide bonds. The van der Waals surface area contributed by atoms with Crippen LogP contribution in [0.3, 0.4) is 0 Å². The molecule has 0 atom stereocenters. The third-order valence-electron chi connectivity index (χ3n) is 3.66. The van der Waals surface area contributed by atoms with Crippen LogP contribution in [0.2, 0.25) is 0 Å². The number of nitrogens with zero attached hydrogens (tertiary/aromatic N) is 3. The molecular weight excluding hydrogens is 335 g/mol. The fourth-order valence-corrected chi connectivity index (χ4v) is 2.24. The van der Waals surface area contributed by atoms with Gasteiger partial charge in [-0.05, 0) is 32.2 Å². The number of hydrogen-bond donors (Lipinski definition) is 0. The number of ether oxygens (including phenoxy) is 1. The Bertz CT molecular complexity index is 741. The molecule has 2 aromatic rings. The predicted molar refractivity (Wildman–Crippen MR) is 85.5 cm³/mol. The number of hydrogen-bond acceptors (Lipinski definition) is 5. The number of aromatic nitrogens is 2. The summed E-state index contributed by atoms with van der Waals surface area (Å²) in [5.41, 5.74) is 1.46. The molecular formula is C17H18F3N3O2. The lowest BCUT2D eigenvalue weighted by atomic mass is 10.1. The van der Waals surface area contributed by atoms with E-state index in [2.05, 4.69) is 14.7 Å². The van der Waals surface area contributed by atoms with E-state index >= 15 is 0 Å². The zero-order chi connectivity index (χ0) is 18.4. The first-order chi connectivity index (χ1) is 11.9. The lowest BCUT2D eigenvalue weighted by Gasteiger charge is -2.17. The maximum absolute atomic E-state index is 13.4. The Kier molecular flexibility index (Phi) is 6.46. The first-order valence-electron chi connectivity index (χ1n) is 7.56. The first kappa shape index (κ1) is 18.9. The molecule has 2 rings (SSSR count). The monoisotopic (exact) mass is 353 g/mol. The lowest BCUT2D eigenvalue weighted by Crippen LogP contribution is -2.24. The molecule has 0 unspecified atom stereocenters. The van der Waals surface area contributed by atoms with Gasteiger partial charge in [-0.15, -0.1) is 0 Å². The number of likely N-dealkylation sites (N-methyl/N-ethyl adjacent to an activating group) is 1. The lowest BCUT2D eigenvalue weighted by molar-refractivity contribution is -0.129. The van der Waals surface area contributed by atoms with Gasteiger partial charge in [0.1, 0.15) is 12.4 Å². The van der Waals surface area contributed by atoms with Crippen LogP contribution in [0.1, 0.15) is 23.4 Å². The van der Waals surface area contributed by atoms with Crippen LogP contribution in [0.25, 0.3) is 11.3 Å². The minimum atomic E-state index is -2.90. The number of rotatable bonds is 8. The smallest absolute Gasteiger partial charge is 0.293 e. The van der Waals surface area contributed by atoms with E-state index in [-0.39, 0.29) is 6.61 Å². The Labute approximate surface area is 143 Å². The zero-order valence-corrected chi connectivity index (χ0v) is 13.9. The van der Waals surface area contributed by atoms with Gasteiger partial charge in [0.05, 0.1) is 28.8 Å². The molecule has 0 fully saturated rings. The zero-order valence-electron chi connectivity index (χ0n) is 13.9. The highest BCUT2D eigenvalue weighted by atomic mass is 19.3. The molecule has 134 valence electrons. The molecule has 5 nitrogen and oxygen atoms in total. The van der Waals surface area contributed by atoms with E-state index in [0.29, 0.717) is 42.2 Å². The van der Waals surface area contributed by atoms with Gasteiger partial charge in [-0.1, -0.05) is 0 Å². The van der Waals surface area contributed by atoms with Gasteiger partial charge in [0.15, 0.2) is 0 Å². The van der Waals surface area contributed by atoms with Crippen molar-refractivity contribution < 1.29 is 22.7 Å². The van der Waals surface area contributed by atoms with Crippen molar-refractivity contribution in [1.82, 2.24) is 14.9 Å². The molecule has 1 aromatic heterocycles. The van der Waals surface area contributed by atoms with E-state index in [9.17, 15) is 18.0 Å². The molecule has 0 bridgehead atoms. The van der Waals surface area contributed by atoms with Crippen LogP contribution >= 0.6 is 0 Å². The Morgan fingerprint density at radius 3 is 2.80 bits per heavy atom. The second-order valence-electron chi connectivity index (χ2n) is 5.53. The van der Waals surface area contributed by atoms with Crippen molar-refractivity contribution in [3.63, 3.8) is 0 Å². The van der Waals surface area contributed by atoms with E-state index in [0.717, 1.165) is 12.1 Å². The Hall–Kier alpha value is -2.48. The van der Waals surface area contributed by atoms with Gasteiger partial charge in [0.25, 0.3) is 12.9 Å². The number of benzene rings is 1. The quantitative estimate of drug-likeness (QED) is 0.539. The van der Waals surface area contributed by atoms with Crippen LogP contribution in [0.5, 0.6) is 0 Å². The normalized spacial score (nSPS) is 11.2. The van der Waals surface area contributed by atoms with Crippen LogP contribution < -0.4 is 0 Å². The van der Waals surface area contributed by atoms with E-state index < -0.39 is 17.8 Å². The Morgan fingerprint density at radius 1 is 1.36 bits per heavy atom. The standard InChI is InChI=1S/C17H18F3N3O2/c1-11-16(9-23(2)5-6-25-10-24)22-15(8-21-11)12-3-4-14(18)13(7-12)17(19)20/h3-4,7-8,10,17H,5-6,9H2,1-2H3. The molecule has 0 aliphatic rings. The number of carbonyl (C=O) groups is 1. The minimum Gasteiger partial charge on any atom is -0.467 e. The molecule has 25 heavy (non-hydrogen) atoms. The molecule has 0 spiro atoms. The SMILES string of the molecule is Cc1ncc(-c2ccc(F)c(C(F)F)c2)nc1CN(C)CCOC=O. The summed E-state index contributed by atoms with van der Waals surface area (Å²) in [6.45, 7) is 3.38. The van der Waals surface area contributed by atoms with Crippen LogP contribution in [-0.2, 0) is 16.1 Å². The minimum absolute atomic E-state index is 0.252. The maximum Gasteiger partial charge on any atom is 0.293 e. The van der Waals surface area contributed by atoms with Gasteiger partial charge in [-0.25, -0.2) is 18.2 Å². The van der Waals surface area contributed by atoms with Crippen molar-refractivity contribution in [3.05, 3.63) is 47.2 Å². The molecule has 0 radical (unpaired) electrons. The molecule has 0 aliphatic heterocycles. The summed E-state index contributed by atoms with van der Waals surface area (Å²) in [5.74, 6) is -0.950. The molecule has 0 N–H and O–H groups in total. The highest BCUT2D eigenvalue weighted by Gasteiger charge is 2.16. The molecule has 1 aromatic carbocycles. The summed E-state index contributed by atoms with van der Waals surface area (Å²) in [6, 6.07) is 3.48. The Morgan fingerprint density at radius 2 is 2.12 bits per heavy atom. The number of aryl methyl sites for hydroxylation is 1. The van der Waals surface area contributed by atoms with E-state index in [4.69, 9.17) is 0 Å². The van der Waals surface area contributed by atoms with Crippen molar-refractivity contribution >= 4 is 6.47 Å². The van der Waals surface area contributed by atoms with Crippen LogP contribution in [0, 0.1) is 12.7 Å². The highest BCUT2D eigenvalue weighted by molar-refractivity contribution is 5.59. The molecule has 8 heteroatoms. The second-order valence-corrected chi connectivity index (χ2v) is 5.53. The van der Waals surface area contributed by atoms with Gasteiger partial charge < -0.3 is 4.74 Å². The van der Waals surface area contributed by atoms with Crippen LogP contribution in [0.15, 0.2) is 24.4 Å². The predicted octanol–water partition coefficient (Wildman–Crippen LogP) is 3.13. The van der Waals surface area contributed by atoms with Crippen LogP contribution in [-0.4, -0.2) is 41.5 Å². The molecule has 1 heterocycles. The summed E-state index contributed by atoms with van der Waals surface area (Å²) >= 11 is 0. The topological polar surface area (TPSA) is 55.3 Å². The third kappa shape index (κ3) is 4.99. The van der Waals surface area contributed by atoms with E-state index in [1.165, 1.54) is 12.3 Å². The van der Waals surface area contributed by atoms with E-state index in [1.54, 1.807) is 6.92 Å². The van der Waals surface area contributed by atoms with E-state index in [1.807, 2.05) is 11.9 Å². The third-order valence-corrected chi connectivity index (χ3v) is 3.66. The van der Waals surface area contributed by atoms with Gasteiger partial charge in [0.2, 0.25) is 0 Å². The van der Waals surface area contributed by atoms with Crippen molar-refractivity contribution in [2.45, 2.75) is 19.9 Å². The van der Waals surface area contributed by atoms with Gasteiger partial charge in [-0.3, -0.25) is 14.7 Å². The summed E-state index contributed by atoms with van der Waals surface area (Å²) in [6.07, 6.45) is -1.43. The summed E-state index contributed by atoms with van der Waals surface area (Å²) in [7, 11) is 1.83. The summed E-state index contributed by atoms with van der Waals surface area (Å²) < 4.78 is 43.8. The van der Waals surface area contributed by atoms with Crippen LogP contribution in [0.4, 0.5) is 13.2 Å². The van der Waals surface area contributed by atoms with Gasteiger partial charge in [-0.2, -0.15) is 0 Å². The van der Waals surface area contributed by atoms with Gasteiger partial charge in [0, 0.05) is 18.7 Å². The fraction of sp³-hybridized carbons (Fsp3) is 0.353.